The van der Waals surface area contributed by atoms with Gasteiger partial charge in [0.2, 0.25) is 5.43 Å². The number of hydrogen-bond acceptors (Lipinski definition) is 5. The summed E-state index contributed by atoms with van der Waals surface area (Å²) in [6.07, 6.45) is 1.29. The summed E-state index contributed by atoms with van der Waals surface area (Å²) in [5.74, 6) is -0.664. The number of ether oxygens (including phenoxy) is 2. The zero-order valence-corrected chi connectivity index (χ0v) is 15.9. The lowest BCUT2D eigenvalue weighted by Crippen LogP contribution is -2.27. The van der Waals surface area contributed by atoms with E-state index in [-0.39, 0.29) is 36.1 Å². The highest BCUT2D eigenvalue weighted by molar-refractivity contribution is 14.1. The van der Waals surface area contributed by atoms with Crippen LogP contribution in [0.4, 0.5) is 0 Å². The van der Waals surface area contributed by atoms with Crippen molar-refractivity contribution in [2.75, 3.05) is 13.7 Å². The van der Waals surface area contributed by atoms with Gasteiger partial charge in [-0.2, -0.15) is 0 Å². The number of fused-ring (bicyclic) bond motifs is 1. The summed E-state index contributed by atoms with van der Waals surface area (Å²) in [6, 6.07) is 9.14. The van der Waals surface area contributed by atoms with Crippen LogP contribution in [0.1, 0.15) is 34.2 Å². The molecule has 1 aliphatic rings. The average Bonchev–Trinajstić information content (AvgIpc) is 3.07. The normalized spacial score (nSPS) is 15.7. The number of pyridine rings is 1. The Kier molecular flexibility index (Phi) is 5.43. The van der Waals surface area contributed by atoms with Gasteiger partial charge in [-0.15, -0.1) is 0 Å². The number of esters is 1. The van der Waals surface area contributed by atoms with E-state index < -0.39 is 5.97 Å². The first kappa shape index (κ1) is 17.9. The molecule has 0 amide bonds. The number of carbonyl (C=O) groups is 1. The lowest BCUT2D eigenvalue weighted by Gasteiger charge is -2.20. The number of aliphatic hydroxyl groups excluding tert-OH is 1. The highest BCUT2D eigenvalue weighted by atomic mass is 127. The van der Waals surface area contributed by atoms with Gasteiger partial charge in [0.15, 0.2) is 11.4 Å². The van der Waals surface area contributed by atoms with Gasteiger partial charge in [0.25, 0.3) is 0 Å². The largest absolute Gasteiger partial charge is 0.482 e. The second-order valence-electron chi connectivity index (χ2n) is 5.78. The summed E-state index contributed by atoms with van der Waals surface area (Å²) in [5.41, 5.74) is 1.39. The van der Waals surface area contributed by atoms with Gasteiger partial charge in [-0.25, -0.2) is 4.79 Å². The first-order valence-corrected chi connectivity index (χ1v) is 8.99. The summed E-state index contributed by atoms with van der Waals surface area (Å²) in [4.78, 5) is 25.2. The Balaban J connectivity index is 2.11. The molecule has 0 fully saturated rings. The standard InChI is InChI=1S/C18H18INO5/c1-24-18(23)15-17(25-10-11-5-3-2-4-6-11)16(22)14(19)13-8-7-12(9-21)20(13)15/h2-6,12,21H,7-10H2,1H3. The minimum absolute atomic E-state index is 0.0239. The van der Waals surface area contributed by atoms with Gasteiger partial charge in [-0.3, -0.25) is 4.79 Å². The lowest BCUT2D eigenvalue weighted by atomic mass is 10.2. The van der Waals surface area contributed by atoms with Crippen LogP contribution in [-0.4, -0.2) is 29.4 Å². The first-order valence-electron chi connectivity index (χ1n) is 7.91. The van der Waals surface area contributed by atoms with Gasteiger partial charge >= 0.3 is 5.97 Å². The summed E-state index contributed by atoms with van der Waals surface area (Å²) in [6.45, 7) is 0.0490. The van der Waals surface area contributed by atoms with E-state index in [4.69, 9.17) is 9.47 Å². The number of halogens is 1. The SMILES string of the molecule is COC(=O)c1c(OCc2ccccc2)c(=O)c(I)c2n1C(CO)CC2. The molecule has 0 saturated heterocycles. The molecular formula is C18H18INO5. The monoisotopic (exact) mass is 455 g/mol. The number of hydrogen-bond donors (Lipinski definition) is 1. The number of benzene rings is 1. The molecule has 0 aliphatic carbocycles. The molecule has 1 N–H and O–H groups in total. The summed E-state index contributed by atoms with van der Waals surface area (Å²) in [5, 5.41) is 9.66. The predicted molar refractivity (Wildman–Crippen MR) is 100.0 cm³/mol. The predicted octanol–water partition coefficient (Wildman–Crippen LogP) is 2.30. The average molecular weight is 455 g/mol. The van der Waals surface area contributed by atoms with E-state index in [2.05, 4.69) is 0 Å². The van der Waals surface area contributed by atoms with Crippen LogP contribution in [0.15, 0.2) is 35.1 Å². The zero-order valence-electron chi connectivity index (χ0n) is 13.7. The quantitative estimate of drug-likeness (QED) is 0.553. The van der Waals surface area contributed by atoms with Crippen LogP contribution in [0.25, 0.3) is 0 Å². The number of methoxy groups -OCH3 is 1. The third-order valence-electron chi connectivity index (χ3n) is 4.30. The Bertz CT molecular complexity index is 847. The van der Waals surface area contributed by atoms with Crippen molar-refractivity contribution in [3.8, 4) is 5.75 Å². The van der Waals surface area contributed by atoms with Crippen LogP contribution in [0.2, 0.25) is 0 Å². The molecule has 7 heteroatoms. The van der Waals surface area contributed by atoms with Gasteiger partial charge in [0.05, 0.1) is 23.3 Å². The molecule has 0 spiro atoms. The molecule has 0 radical (unpaired) electrons. The van der Waals surface area contributed by atoms with E-state index in [1.54, 1.807) is 4.57 Å². The number of aliphatic hydroxyl groups is 1. The van der Waals surface area contributed by atoms with Crippen molar-refractivity contribution in [2.45, 2.75) is 25.5 Å². The minimum atomic E-state index is -0.641. The molecule has 132 valence electrons. The van der Waals surface area contributed by atoms with E-state index in [9.17, 15) is 14.7 Å². The van der Waals surface area contributed by atoms with Crippen molar-refractivity contribution in [3.05, 3.63) is 61.1 Å². The molecule has 6 nitrogen and oxygen atoms in total. The third-order valence-corrected chi connectivity index (χ3v) is 5.41. The van der Waals surface area contributed by atoms with Crippen molar-refractivity contribution in [2.24, 2.45) is 0 Å². The van der Waals surface area contributed by atoms with Gasteiger partial charge in [0, 0.05) is 5.69 Å². The molecule has 0 saturated carbocycles. The van der Waals surface area contributed by atoms with Gasteiger partial charge < -0.3 is 19.1 Å². The molecular weight excluding hydrogens is 437 g/mol. The number of rotatable bonds is 5. The maximum absolute atomic E-state index is 12.8. The molecule has 25 heavy (non-hydrogen) atoms. The maximum Gasteiger partial charge on any atom is 0.358 e. The number of aromatic nitrogens is 1. The zero-order chi connectivity index (χ0) is 18.0. The van der Waals surface area contributed by atoms with Crippen molar-refractivity contribution in [3.63, 3.8) is 0 Å². The van der Waals surface area contributed by atoms with Crippen molar-refractivity contribution in [1.29, 1.82) is 0 Å². The molecule has 3 rings (SSSR count). The highest BCUT2D eigenvalue weighted by Crippen LogP contribution is 2.33. The van der Waals surface area contributed by atoms with E-state index >= 15 is 0 Å². The van der Waals surface area contributed by atoms with E-state index in [0.29, 0.717) is 16.4 Å². The molecule has 1 aromatic heterocycles. The second kappa shape index (κ2) is 7.57. The highest BCUT2D eigenvalue weighted by Gasteiger charge is 2.33. The van der Waals surface area contributed by atoms with Crippen molar-refractivity contribution < 1.29 is 19.4 Å². The van der Waals surface area contributed by atoms with Crippen molar-refractivity contribution >= 4 is 28.6 Å². The van der Waals surface area contributed by atoms with E-state index in [1.807, 2.05) is 52.9 Å². The number of carbonyl (C=O) groups excluding carboxylic acids is 1. The van der Waals surface area contributed by atoms with Crippen LogP contribution in [-0.2, 0) is 17.8 Å². The number of nitrogens with zero attached hydrogens (tertiary/aromatic N) is 1. The Morgan fingerprint density at radius 1 is 1.36 bits per heavy atom. The molecule has 1 unspecified atom stereocenters. The fourth-order valence-corrected chi connectivity index (χ4v) is 3.85. The van der Waals surface area contributed by atoms with E-state index in [0.717, 1.165) is 11.3 Å². The third kappa shape index (κ3) is 3.30. The van der Waals surface area contributed by atoms with E-state index in [1.165, 1.54) is 7.11 Å². The molecule has 2 heterocycles. The fraction of sp³-hybridized carbons (Fsp3) is 0.333. The maximum atomic E-state index is 12.8. The van der Waals surface area contributed by atoms with Crippen LogP contribution >= 0.6 is 22.6 Å². The topological polar surface area (TPSA) is 77.8 Å². The Morgan fingerprint density at radius 2 is 2.08 bits per heavy atom. The minimum Gasteiger partial charge on any atom is -0.482 e. The Labute approximate surface area is 158 Å². The van der Waals surface area contributed by atoms with Crippen molar-refractivity contribution in [1.82, 2.24) is 4.57 Å². The second-order valence-corrected chi connectivity index (χ2v) is 6.86. The van der Waals surface area contributed by atoms with Gasteiger partial charge in [-0.05, 0) is 41.0 Å². The smallest absolute Gasteiger partial charge is 0.358 e. The van der Waals surface area contributed by atoms with Gasteiger partial charge in [-0.1, -0.05) is 30.3 Å². The molecule has 1 aliphatic heterocycles. The van der Waals surface area contributed by atoms with Crippen LogP contribution in [0.5, 0.6) is 5.75 Å². The Hall–Kier alpha value is -1.87. The van der Waals surface area contributed by atoms with Crippen LogP contribution in [0.3, 0.4) is 0 Å². The Morgan fingerprint density at radius 3 is 2.72 bits per heavy atom. The fourth-order valence-electron chi connectivity index (χ4n) is 3.08. The molecule has 1 aromatic carbocycles. The molecule has 0 bridgehead atoms. The van der Waals surface area contributed by atoms with Crippen LogP contribution < -0.4 is 10.2 Å². The first-order chi connectivity index (χ1) is 12.1. The lowest BCUT2D eigenvalue weighted by molar-refractivity contribution is 0.0575. The van der Waals surface area contributed by atoms with Crippen LogP contribution in [0, 0.1) is 3.57 Å². The summed E-state index contributed by atoms with van der Waals surface area (Å²) in [7, 11) is 1.27. The summed E-state index contributed by atoms with van der Waals surface area (Å²) >= 11 is 1.98. The summed E-state index contributed by atoms with van der Waals surface area (Å²) < 4.78 is 12.9. The molecule has 1 atom stereocenters. The molecule has 2 aromatic rings. The van der Waals surface area contributed by atoms with Gasteiger partial charge in [0.1, 0.15) is 6.61 Å².